The highest BCUT2D eigenvalue weighted by Gasteiger charge is 2.24. The van der Waals surface area contributed by atoms with E-state index in [1.807, 2.05) is 0 Å². The number of guanidine groups is 1. The third-order valence-electron chi connectivity index (χ3n) is 3.64. The van der Waals surface area contributed by atoms with Crippen LogP contribution in [0.3, 0.4) is 0 Å². The molecule has 25 heavy (non-hydrogen) atoms. The summed E-state index contributed by atoms with van der Waals surface area (Å²) in [5.41, 5.74) is 6.08. The van der Waals surface area contributed by atoms with Crippen LogP contribution in [-0.4, -0.2) is 34.0 Å². The molecule has 1 atom stereocenters. The summed E-state index contributed by atoms with van der Waals surface area (Å²) >= 11 is 5.96. The number of carbonyl (C=O) groups excluding carboxylic acids is 1. The molecule has 9 heteroatoms. The lowest BCUT2D eigenvalue weighted by atomic mass is 10.0. The Morgan fingerprint density at radius 1 is 1.36 bits per heavy atom. The summed E-state index contributed by atoms with van der Waals surface area (Å²) in [5, 5.41) is 20.3. The molecule has 2 aromatic rings. The number of amides is 1. The standard InChI is InChI=1S/C16H18ClN5O3/c1-8(2)13(15(24)25)21-14(23)9-3-4-11-10(5-9)6-20-7-12(11)22(17)16(18)19/h3-8,13H,1-2H3,(H3,18,19)(H,21,23)(H,24,25)/t13-/m0/s1. The summed E-state index contributed by atoms with van der Waals surface area (Å²) < 4.78 is 0.953. The van der Waals surface area contributed by atoms with Crippen molar-refractivity contribution in [3.05, 3.63) is 36.2 Å². The number of aromatic nitrogens is 1. The first kappa shape index (κ1) is 18.5. The molecule has 2 rings (SSSR count). The number of nitrogens with one attached hydrogen (secondary N) is 2. The Morgan fingerprint density at radius 2 is 2.04 bits per heavy atom. The summed E-state index contributed by atoms with van der Waals surface area (Å²) in [7, 11) is 0. The van der Waals surface area contributed by atoms with Crippen molar-refractivity contribution in [2.45, 2.75) is 19.9 Å². The van der Waals surface area contributed by atoms with Crippen LogP contribution in [0.5, 0.6) is 0 Å². The molecule has 0 aliphatic rings. The molecule has 0 aliphatic carbocycles. The van der Waals surface area contributed by atoms with E-state index in [-0.39, 0.29) is 11.9 Å². The predicted molar refractivity (Wildman–Crippen MR) is 95.7 cm³/mol. The van der Waals surface area contributed by atoms with Crippen LogP contribution in [-0.2, 0) is 4.79 Å². The van der Waals surface area contributed by atoms with Crippen molar-refractivity contribution in [3.63, 3.8) is 0 Å². The van der Waals surface area contributed by atoms with Gasteiger partial charge in [0.15, 0.2) is 0 Å². The molecule has 1 aromatic heterocycles. The quantitative estimate of drug-likeness (QED) is 0.364. The molecular formula is C16H18ClN5O3. The predicted octanol–water partition coefficient (Wildman–Crippen LogP) is 1.93. The highest BCUT2D eigenvalue weighted by molar-refractivity contribution is 6.38. The topological polar surface area (TPSA) is 132 Å². The average Bonchev–Trinajstić information content (AvgIpc) is 2.56. The minimum atomic E-state index is -1.09. The molecule has 0 aliphatic heterocycles. The number of carbonyl (C=O) groups is 2. The number of nitrogens with zero attached hydrogens (tertiary/aromatic N) is 2. The molecule has 0 fully saturated rings. The van der Waals surface area contributed by atoms with Crippen LogP contribution in [0, 0.1) is 11.3 Å². The molecule has 0 spiro atoms. The first-order valence-corrected chi connectivity index (χ1v) is 7.77. The number of carboxylic acids is 1. The zero-order valence-corrected chi connectivity index (χ0v) is 14.4. The third-order valence-corrected chi connectivity index (χ3v) is 4.01. The Bertz CT molecular complexity index is 840. The van der Waals surface area contributed by atoms with Gasteiger partial charge < -0.3 is 16.2 Å². The molecule has 0 saturated carbocycles. The maximum absolute atomic E-state index is 12.3. The first-order valence-electron chi connectivity index (χ1n) is 7.43. The number of fused-ring (bicyclic) bond motifs is 1. The van der Waals surface area contributed by atoms with E-state index in [0.29, 0.717) is 22.0 Å². The lowest BCUT2D eigenvalue weighted by molar-refractivity contribution is -0.140. The number of rotatable bonds is 5. The Labute approximate surface area is 149 Å². The second kappa shape index (κ2) is 7.35. The van der Waals surface area contributed by atoms with E-state index >= 15 is 0 Å². The van der Waals surface area contributed by atoms with Gasteiger partial charge in [-0.1, -0.05) is 19.9 Å². The van der Waals surface area contributed by atoms with Crippen molar-refractivity contribution in [1.29, 1.82) is 5.41 Å². The van der Waals surface area contributed by atoms with Gasteiger partial charge in [0.2, 0.25) is 5.96 Å². The van der Waals surface area contributed by atoms with Crippen LogP contribution in [0.2, 0.25) is 0 Å². The largest absolute Gasteiger partial charge is 0.480 e. The van der Waals surface area contributed by atoms with E-state index < -0.39 is 17.9 Å². The number of carboxylic acid groups (broad SMARTS) is 1. The van der Waals surface area contributed by atoms with E-state index in [9.17, 15) is 14.7 Å². The van der Waals surface area contributed by atoms with Crippen LogP contribution in [0.15, 0.2) is 30.6 Å². The van der Waals surface area contributed by atoms with Gasteiger partial charge in [-0.25, -0.2) is 9.21 Å². The van der Waals surface area contributed by atoms with Gasteiger partial charge in [-0.3, -0.25) is 15.2 Å². The van der Waals surface area contributed by atoms with Crippen LogP contribution in [0.4, 0.5) is 5.69 Å². The number of halogens is 1. The fraction of sp³-hybridized carbons (Fsp3) is 0.250. The van der Waals surface area contributed by atoms with Gasteiger partial charge in [0.1, 0.15) is 6.04 Å². The fourth-order valence-electron chi connectivity index (χ4n) is 2.33. The van der Waals surface area contributed by atoms with E-state index in [0.717, 1.165) is 4.42 Å². The van der Waals surface area contributed by atoms with E-state index in [1.54, 1.807) is 32.0 Å². The molecule has 0 bridgehead atoms. The monoisotopic (exact) mass is 363 g/mol. The van der Waals surface area contributed by atoms with Crippen molar-refractivity contribution in [2.24, 2.45) is 11.7 Å². The molecule has 5 N–H and O–H groups in total. The molecule has 0 radical (unpaired) electrons. The number of pyridine rings is 1. The summed E-state index contributed by atoms with van der Waals surface area (Å²) in [5.74, 6) is -2.20. The number of aliphatic carboxylic acids is 1. The van der Waals surface area contributed by atoms with Gasteiger partial charge in [0.25, 0.3) is 5.91 Å². The van der Waals surface area contributed by atoms with Crippen LogP contribution in [0.25, 0.3) is 10.8 Å². The van der Waals surface area contributed by atoms with Crippen LogP contribution in [0.1, 0.15) is 24.2 Å². The Kier molecular flexibility index (Phi) is 5.43. The number of nitrogens with two attached hydrogens (primary N) is 1. The number of benzene rings is 1. The Hall–Kier alpha value is -2.87. The van der Waals surface area contributed by atoms with Gasteiger partial charge >= 0.3 is 5.97 Å². The van der Waals surface area contributed by atoms with Gasteiger partial charge in [-0.05, 0) is 18.1 Å². The molecule has 0 saturated heterocycles. The van der Waals surface area contributed by atoms with E-state index in [1.165, 1.54) is 12.4 Å². The zero-order chi connectivity index (χ0) is 18.7. The minimum Gasteiger partial charge on any atom is -0.480 e. The maximum atomic E-state index is 12.3. The third kappa shape index (κ3) is 3.97. The summed E-state index contributed by atoms with van der Waals surface area (Å²) in [6.45, 7) is 3.43. The highest BCUT2D eigenvalue weighted by atomic mass is 35.5. The highest BCUT2D eigenvalue weighted by Crippen LogP contribution is 2.27. The summed E-state index contributed by atoms with van der Waals surface area (Å²) in [6, 6.07) is 3.78. The molecule has 0 unspecified atom stereocenters. The molecule has 8 nitrogen and oxygen atoms in total. The van der Waals surface area contributed by atoms with Crippen molar-refractivity contribution >= 4 is 46.1 Å². The lowest BCUT2D eigenvalue weighted by Gasteiger charge is -2.18. The smallest absolute Gasteiger partial charge is 0.326 e. The molecule has 1 amide bonds. The summed E-state index contributed by atoms with van der Waals surface area (Å²) in [4.78, 5) is 27.6. The minimum absolute atomic E-state index is 0.254. The van der Waals surface area contributed by atoms with Gasteiger partial charge in [-0.2, -0.15) is 0 Å². The van der Waals surface area contributed by atoms with Gasteiger partial charge in [0.05, 0.1) is 11.9 Å². The van der Waals surface area contributed by atoms with Crippen molar-refractivity contribution < 1.29 is 14.7 Å². The fourth-order valence-corrected chi connectivity index (χ4v) is 2.46. The van der Waals surface area contributed by atoms with E-state index in [2.05, 4.69) is 10.3 Å². The summed E-state index contributed by atoms with van der Waals surface area (Å²) in [6.07, 6.45) is 2.99. The van der Waals surface area contributed by atoms with Gasteiger partial charge in [0, 0.05) is 34.3 Å². The number of hydrogen-bond acceptors (Lipinski definition) is 4. The molecular weight excluding hydrogens is 346 g/mol. The second-order valence-corrected chi connectivity index (χ2v) is 6.13. The first-order chi connectivity index (χ1) is 11.7. The van der Waals surface area contributed by atoms with Crippen molar-refractivity contribution in [1.82, 2.24) is 10.3 Å². The van der Waals surface area contributed by atoms with Crippen molar-refractivity contribution in [3.8, 4) is 0 Å². The van der Waals surface area contributed by atoms with Crippen molar-refractivity contribution in [2.75, 3.05) is 4.42 Å². The maximum Gasteiger partial charge on any atom is 0.326 e. The van der Waals surface area contributed by atoms with Crippen LogP contribution < -0.4 is 15.5 Å². The SMILES string of the molecule is CC(C)[C@H](NC(=O)c1ccc2c(N(Cl)C(=N)N)cncc2c1)C(=O)O. The van der Waals surface area contributed by atoms with Gasteiger partial charge in [-0.15, -0.1) is 0 Å². The van der Waals surface area contributed by atoms with Crippen LogP contribution >= 0.6 is 11.8 Å². The molecule has 1 heterocycles. The second-order valence-electron chi connectivity index (χ2n) is 5.79. The van der Waals surface area contributed by atoms with E-state index in [4.69, 9.17) is 22.9 Å². The molecule has 1 aromatic carbocycles. The normalized spacial score (nSPS) is 12.0. The molecule has 132 valence electrons. The zero-order valence-electron chi connectivity index (χ0n) is 13.7. The Morgan fingerprint density at radius 3 is 2.60 bits per heavy atom. The average molecular weight is 364 g/mol. The number of anilines is 1. The number of hydrogen-bond donors (Lipinski definition) is 4. The lowest BCUT2D eigenvalue weighted by Crippen LogP contribution is -2.44. The Balaban J connectivity index is 2.37.